The highest BCUT2D eigenvalue weighted by atomic mass is 16.4. The van der Waals surface area contributed by atoms with Crippen LogP contribution in [0.2, 0.25) is 0 Å². The molecule has 3 atom stereocenters. The van der Waals surface area contributed by atoms with E-state index < -0.39 is 34.9 Å². The predicted octanol–water partition coefficient (Wildman–Crippen LogP) is 4.31. The maximum atomic E-state index is 14.1. The van der Waals surface area contributed by atoms with Crippen LogP contribution in [0.1, 0.15) is 66.6 Å². The molecule has 0 radical (unpaired) electrons. The van der Waals surface area contributed by atoms with E-state index in [1.165, 1.54) is 18.2 Å². The van der Waals surface area contributed by atoms with Crippen LogP contribution in [0.4, 0.5) is 0 Å². The number of nitrogens with one attached hydrogen (secondary N) is 1. The molecule has 2 aromatic rings. The molecule has 0 aliphatic carbocycles. The number of carboxylic acids is 1. The number of benzene rings is 1. The van der Waals surface area contributed by atoms with Gasteiger partial charge in [-0.05, 0) is 36.9 Å². The van der Waals surface area contributed by atoms with E-state index in [0.29, 0.717) is 6.54 Å². The van der Waals surface area contributed by atoms with Gasteiger partial charge >= 0.3 is 5.97 Å². The minimum atomic E-state index is -1.02. The van der Waals surface area contributed by atoms with Crippen LogP contribution in [0.25, 0.3) is 10.9 Å². The van der Waals surface area contributed by atoms with Gasteiger partial charge in [0.25, 0.3) is 0 Å². The van der Waals surface area contributed by atoms with Gasteiger partial charge in [-0.3, -0.25) is 14.5 Å². The number of hydrogen-bond donors (Lipinski definition) is 2. The van der Waals surface area contributed by atoms with E-state index >= 15 is 0 Å². The molecule has 0 spiro atoms. The van der Waals surface area contributed by atoms with Crippen LogP contribution in [0.5, 0.6) is 0 Å². The van der Waals surface area contributed by atoms with E-state index in [9.17, 15) is 19.5 Å². The van der Waals surface area contributed by atoms with Crippen molar-refractivity contribution in [2.45, 2.75) is 85.5 Å². The number of carboxylic acid groups (broad SMARTS) is 1. The molecule has 2 amide bonds. The van der Waals surface area contributed by atoms with Crippen LogP contribution >= 0.6 is 0 Å². The first kappa shape index (κ1) is 30.4. The molecule has 39 heavy (non-hydrogen) atoms. The number of likely N-dealkylation sites (N-methyl/N-ethyl adjacent to an activating group) is 2. The van der Waals surface area contributed by atoms with Crippen molar-refractivity contribution in [3.05, 3.63) is 47.2 Å². The number of carbonyl (C=O) groups is 3. The summed E-state index contributed by atoms with van der Waals surface area (Å²) in [4.78, 5) is 43.2. The molecule has 0 saturated carbocycles. The van der Waals surface area contributed by atoms with Gasteiger partial charge < -0.3 is 19.9 Å². The smallest absolute Gasteiger partial charge is 0.331 e. The van der Waals surface area contributed by atoms with Crippen LogP contribution in [0.15, 0.2) is 35.9 Å². The zero-order valence-corrected chi connectivity index (χ0v) is 25.4. The zero-order valence-electron chi connectivity index (χ0n) is 25.4. The molecule has 1 aromatic heterocycles. The Morgan fingerprint density at radius 3 is 2.28 bits per heavy atom. The van der Waals surface area contributed by atoms with Crippen molar-refractivity contribution in [3.8, 4) is 0 Å². The third kappa shape index (κ3) is 5.62. The van der Waals surface area contributed by atoms with Crippen molar-refractivity contribution >= 4 is 28.7 Å². The standard InChI is InChI=1S/C31H46N4O4/c1-18(2)22(16-19(3)29(38)39)35(11)28(37)25(30(4,5)6)32-27(36)26-31(7,8)24-20-14-12-13-15-21(20)34(10)23(24)17-33(26)9/h12-16,18,22,25-26H,17H2,1-11H3,(H,32,36)(H,38,39). The normalized spacial score (nSPS) is 19.5. The molecule has 214 valence electrons. The summed E-state index contributed by atoms with van der Waals surface area (Å²) in [6.45, 7) is 16.1. The lowest BCUT2D eigenvalue weighted by molar-refractivity contribution is -0.142. The minimum absolute atomic E-state index is 0.0160. The Balaban J connectivity index is 1.98. The van der Waals surface area contributed by atoms with Gasteiger partial charge in [-0.15, -0.1) is 0 Å². The Morgan fingerprint density at radius 2 is 1.74 bits per heavy atom. The second-order valence-corrected chi connectivity index (χ2v) is 13.1. The number of nitrogens with zero attached hydrogens (tertiary/aromatic N) is 3. The maximum Gasteiger partial charge on any atom is 0.331 e. The summed E-state index contributed by atoms with van der Waals surface area (Å²) in [5.41, 5.74) is 2.59. The Bertz CT molecular complexity index is 1300. The number of para-hydroxylation sites is 1. The molecular formula is C31H46N4O4. The van der Waals surface area contributed by atoms with Crippen molar-refractivity contribution in [3.63, 3.8) is 0 Å². The van der Waals surface area contributed by atoms with Gasteiger partial charge in [0, 0.05) is 48.2 Å². The zero-order chi connectivity index (χ0) is 29.6. The summed E-state index contributed by atoms with van der Waals surface area (Å²) in [5, 5.41) is 13.7. The van der Waals surface area contributed by atoms with Gasteiger partial charge in [0.2, 0.25) is 11.8 Å². The van der Waals surface area contributed by atoms with Crippen molar-refractivity contribution in [1.82, 2.24) is 19.7 Å². The van der Waals surface area contributed by atoms with Crippen molar-refractivity contribution in [2.75, 3.05) is 14.1 Å². The summed E-state index contributed by atoms with van der Waals surface area (Å²) in [6, 6.07) is 6.56. The summed E-state index contributed by atoms with van der Waals surface area (Å²) in [6.07, 6.45) is 1.62. The fourth-order valence-electron chi connectivity index (χ4n) is 6.19. The third-order valence-corrected chi connectivity index (χ3v) is 8.28. The molecule has 8 nitrogen and oxygen atoms in total. The summed E-state index contributed by atoms with van der Waals surface area (Å²) >= 11 is 0. The number of fused-ring (bicyclic) bond motifs is 3. The number of carbonyl (C=O) groups excluding carboxylic acids is 2. The van der Waals surface area contributed by atoms with E-state index in [-0.39, 0.29) is 23.3 Å². The summed E-state index contributed by atoms with van der Waals surface area (Å²) in [5.74, 6) is -1.47. The summed E-state index contributed by atoms with van der Waals surface area (Å²) < 4.78 is 2.21. The molecule has 2 N–H and O–H groups in total. The number of aliphatic carboxylic acids is 1. The fourth-order valence-corrected chi connectivity index (χ4v) is 6.19. The second-order valence-electron chi connectivity index (χ2n) is 13.1. The van der Waals surface area contributed by atoms with E-state index in [2.05, 4.69) is 47.8 Å². The molecule has 1 aliphatic heterocycles. The minimum Gasteiger partial charge on any atom is -0.478 e. The van der Waals surface area contributed by atoms with E-state index in [4.69, 9.17) is 0 Å². The van der Waals surface area contributed by atoms with Crippen LogP contribution in [-0.2, 0) is 33.4 Å². The predicted molar refractivity (Wildman–Crippen MR) is 155 cm³/mol. The van der Waals surface area contributed by atoms with Gasteiger partial charge in [-0.25, -0.2) is 4.79 Å². The highest BCUT2D eigenvalue weighted by Crippen LogP contribution is 2.43. The van der Waals surface area contributed by atoms with E-state index in [0.717, 1.165) is 10.9 Å². The van der Waals surface area contributed by atoms with Gasteiger partial charge in [0.05, 0.1) is 12.1 Å². The van der Waals surface area contributed by atoms with Gasteiger partial charge in [0.1, 0.15) is 6.04 Å². The average Bonchev–Trinajstić information content (AvgIpc) is 3.11. The first-order chi connectivity index (χ1) is 17.9. The van der Waals surface area contributed by atoms with Crippen molar-refractivity contribution < 1.29 is 19.5 Å². The topological polar surface area (TPSA) is 94.9 Å². The van der Waals surface area contributed by atoms with Crippen molar-refractivity contribution in [2.24, 2.45) is 18.4 Å². The van der Waals surface area contributed by atoms with Crippen LogP contribution in [0, 0.1) is 11.3 Å². The lowest BCUT2D eigenvalue weighted by atomic mass is 9.72. The van der Waals surface area contributed by atoms with Crippen molar-refractivity contribution in [1.29, 1.82) is 0 Å². The molecule has 2 heterocycles. The largest absolute Gasteiger partial charge is 0.478 e. The highest BCUT2D eigenvalue weighted by Gasteiger charge is 2.48. The maximum absolute atomic E-state index is 14.1. The summed E-state index contributed by atoms with van der Waals surface area (Å²) in [7, 11) is 5.71. The number of rotatable bonds is 7. The molecule has 1 aromatic carbocycles. The third-order valence-electron chi connectivity index (χ3n) is 8.28. The number of amides is 2. The number of hydrogen-bond acceptors (Lipinski definition) is 4. The van der Waals surface area contributed by atoms with Gasteiger partial charge in [-0.2, -0.15) is 0 Å². The molecule has 8 heteroatoms. The Labute approximate surface area is 233 Å². The van der Waals surface area contributed by atoms with Crippen LogP contribution < -0.4 is 5.32 Å². The van der Waals surface area contributed by atoms with Gasteiger partial charge in [-0.1, -0.05) is 72.7 Å². The SMILES string of the molecule is CC(=CC(C(C)C)N(C)C(=O)C(NC(=O)C1N(C)Cc2c(c3ccccc3n2C)C1(C)C)C(C)(C)C)C(=O)O. The molecule has 3 unspecified atom stereocenters. The molecule has 0 saturated heterocycles. The second kappa shape index (κ2) is 10.8. The van der Waals surface area contributed by atoms with Crippen LogP contribution in [-0.4, -0.2) is 69.5 Å². The van der Waals surface area contributed by atoms with E-state index in [1.54, 1.807) is 18.0 Å². The first-order valence-corrected chi connectivity index (χ1v) is 13.7. The molecule has 0 fully saturated rings. The van der Waals surface area contributed by atoms with Gasteiger partial charge in [0.15, 0.2) is 0 Å². The molecule has 1 aliphatic rings. The molecular weight excluding hydrogens is 492 g/mol. The number of aryl methyl sites for hydroxylation is 1. The average molecular weight is 539 g/mol. The Morgan fingerprint density at radius 1 is 1.15 bits per heavy atom. The lowest BCUT2D eigenvalue weighted by Crippen LogP contribution is -2.63. The highest BCUT2D eigenvalue weighted by molar-refractivity contribution is 5.94. The van der Waals surface area contributed by atoms with Crippen LogP contribution in [0.3, 0.4) is 0 Å². The quantitative estimate of drug-likeness (QED) is 0.512. The Kier molecular flexibility index (Phi) is 8.42. The first-order valence-electron chi connectivity index (χ1n) is 13.7. The fraction of sp³-hybridized carbons (Fsp3) is 0.581. The lowest BCUT2D eigenvalue weighted by Gasteiger charge is -2.45. The monoisotopic (exact) mass is 538 g/mol. The molecule has 3 rings (SSSR count). The van der Waals surface area contributed by atoms with E-state index in [1.807, 2.05) is 53.8 Å². The number of aromatic nitrogens is 1. The Hall–Kier alpha value is -3.13. The molecule has 0 bridgehead atoms.